The molecular formula is C26H23NO4S. The minimum absolute atomic E-state index is 0.0208. The third-order valence-electron chi connectivity index (χ3n) is 5.61. The maximum atomic E-state index is 9.46. The summed E-state index contributed by atoms with van der Waals surface area (Å²) >= 11 is 1.27. The first kappa shape index (κ1) is 20.5. The van der Waals surface area contributed by atoms with Crippen molar-refractivity contribution in [2.24, 2.45) is 0 Å². The van der Waals surface area contributed by atoms with Crippen molar-refractivity contribution < 1.29 is 19.7 Å². The summed E-state index contributed by atoms with van der Waals surface area (Å²) in [7, 11) is 0. The van der Waals surface area contributed by atoms with Crippen molar-refractivity contribution in [3.05, 3.63) is 89.5 Å². The number of benzene rings is 3. The van der Waals surface area contributed by atoms with Gasteiger partial charge in [-0.1, -0.05) is 24.3 Å². The molecular weight excluding hydrogens is 422 g/mol. The third kappa shape index (κ3) is 4.33. The summed E-state index contributed by atoms with van der Waals surface area (Å²) in [6, 6.07) is 23.5. The van der Waals surface area contributed by atoms with Gasteiger partial charge in [-0.25, -0.2) is 0 Å². The normalized spacial score (nSPS) is 14.8. The number of hydrogen-bond donors (Lipinski definition) is 2. The fourth-order valence-electron chi connectivity index (χ4n) is 4.09. The Morgan fingerprint density at radius 1 is 0.969 bits per heavy atom. The highest BCUT2D eigenvalue weighted by Gasteiger charge is 2.27. The van der Waals surface area contributed by atoms with Crippen LogP contribution >= 0.6 is 11.5 Å². The monoisotopic (exact) mass is 445 g/mol. The molecule has 1 aliphatic rings. The van der Waals surface area contributed by atoms with Gasteiger partial charge in [-0.3, -0.25) is 0 Å². The van der Waals surface area contributed by atoms with Crippen molar-refractivity contribution in [2.45, 2.75) is 25.4 Å². The zero-order valence-corrected chi connectivity index (χ0v) is 18.2. The van der Waals surface area contributed by atoms with Gasteiger partial charge in [0.05, 0.1) is 4.88 Å². The van der Waals surface area contributed by atoms with Gasteiger partial charge in [0.25, 0.3) is 0 Å². The van der Waals surface area contributed by atoms with E-state index in [2.05, 4.69) is 10.4 Å². The summed E-state index contributed by atoms with van der Waals surface area (Å²) in [6.07, 6.45) is 2.38. The van der Waals surface area contributed by atoms with Gasteiger partial charge in [0.1, 0.15) is 23.4 Å². The standard InChI is InChI=1S/C26H23NO4S/c28-14-13-17-3-1-4-20(15-17)31-23-6-2-5-21-22(23)11-12-24(21)30-19-9-7-18(8-10-19)25-16-26(29)27-32-25/h1-10,15-16,24,28H,11-14H2,(H,27,29)/t24-/m1/s1. The second kappa shape index (κ2) is 9.02. The van der Waals surface area contributed by atoms with Gasteiger partial charge >= 0.3 is 0 Å². The van der Waals surface area contributed by atoms with E-state index in [1.807, 2.05) is 60.7 Å². The number of aliphatic hydroxyl groups excluding tert-OH is 1. The molecule has 0 fully saturated rings. The van der Waals surface area contributed by atoms with Crippen molar-refractivity contribution in [1.29, 1.82) is 0 Å². The predicted molar refractivity (Wildman–Crippen MR) is 125 cm³/mol. The Hall–Kier alpha value is -3.35. The lowest BCUT2D eigenvalue weighted by molar-refractivity contribution is 0.207. The van der Waals surface area contributed by atoms with Gasteiger partial charge < -0.3 is 19.7 Å². The molecule has 0 spiro atoms. The molecule has 1 aromatic heterocycles. The molecule has 1 atom stereocenters. The molecule has 0 radical (unpaired) electrons. The van der Waals surface area contributed by atoms with Crippen LogP contribution in [-0.2, 0) is 12.8 Å². The largest absolute Gasteiger partial charge is 0.493 e. The summed E-state index contributed by atoms with van der Waals surface area (Å²) in [6.45, 7) is 0.122. The van der Waals surface area contributed by atoms with Crippen molar-refractivity contribution in [2.75, 3.05) is 6.61 Å². The van der Waals surface area contributed by atoms with Gasteiger partial charge in [0, 0.05) is 18.2 Å². The first-order valence-electron chi connectivity index (χ1n) is 10.6. The maximum absolute atomic E-state index is 9.46. The second-order valence-corrected chi connectivity index (χ2v) is 8.57. The van der Waals surface area contributed by atoms with E-state index in [4.69, 9.17) is 9.47 Å². The average molecular weight is 446 g/mol. The highest BCUT2D eigenvalue weighted by Crippen LogP contribution is 2.41. The second-order valence-electron chi connectivity index (χ2n) is 7.77. The molecule has 32 heavy (non-hydrogen) atoms. The Morgan fingerprint density at radius 2 is 1.81 bits per heavy atom. The lowest BCUT2D eigenvalue weighted by Gasteiger charge is -2.16. The molecule has 4 aromatic rings. The molecule has 5 rings (SSSR count). The summed E-state index contributed by atoms with van der Waals surface area (Å²) in [4.78, 5) is 0.921. The molecule has 2 N–H and O–H groups in total. The Morgan fingerprint density at radius 3 is 2.59 bits per heavy atom. The first-order valence-corrected chi connectivity index (χ1v) is 11.4. The van der Waals surface area contributed by atoms with Crippen LogP contribution in [0.1, 0.15) is 29.2 Å². The molecule has 1 aliphatic carbocycles. The van der Waals surface area contributed by atoms with E-state index >= 15 is 0 Å². The van der Waals surface area contributed by atoms with Crippen molar-refractivity contribution in [3.8, 4) is 33.6 Å². The molecule has 0 saturated carbocycles. The molecule has 6 heteroatoms. The summed E-state index contributed by atoms with van der Waals surface area (Å²) in [5.41, 5.74) is 4.39. The van der Waals surface area contributed by atoms with E-state index in [0.717, 1.165) is 51.7 Å². The zero-order chi connectivity index (χ0) is 21.9. The maximum Gasteiger partial charge on any atom is 0.223 e. The van der Waals surface area contributed by atoms with Gasteiger partial charge in [-0.05, 0) is 89.9 Å². The number of aromatic hydroxyl groups is 1. The Balaban J connectivity index is 1.32. The molecule has 0 unspecified atom stereocenters. The van der Waals surface area contributed by atoms with Crippen LogP contribution < -0.4 is 9.47 Å². The molecule has 0 bridgehead atoms. The molecule has 0 saturated heterocycles. The number of rotatable bonds is 7. The van der Waals surface area contributed by atoms with E-state index in [1.165, 1.54) is 17.1 Å². The van der Waals surface area contributed by atoms with Gasteiger partial charge in [-0.15, -0.1) is 0 Å². The van der Waals surface area contributed by atoms with Crippen molar-refractivity contribution >= 4 is 11.5 Å². The van der Waals surface area contributed by atoms with Gasteiger partial charge in [0.15, 0.2) is 0 Å². The van der Waals surface area contributed by atoms with Crippen LogP contribution in [0.2, 0.25) is 0 Å². The SMILES string of the molecule is OCCc1cccc(Oc2cccc3c2CC[C@H]3Oc2ccc(-c3cc(O)ns3)cc2)c1. The van der Waals surface area contributed by atoms with E-state index in [0.29, 0.717) is 6.42 Å². The smallest absolute Gasteiger partial charge is 0.223 e. The van der Waals surface area contributed by atoms with E-state index in [-0.39, 0.29) is 18.6 Å². The molecule has 0 amide bonds. The molecule has 162 valence electrons. The fraction of sp³-hybridized carbons (Fsp3) is 0.192. The molecule has 5 nitrogen and oxygen atoms in total. The highest BCUT2D eigenvalue weighted by molar-refractivity contribution is 7.09. The van der Waals surface area contributed by atoms with Crippen LogP contribution in [0.15, 0.2) is 72.8 Å². The number of hydrogen-bond acceptors (Lipinski definition) is 6. The molecule has 3 aromatic carbocycles. The number of fused-ring (bicyclic) bond motifs is 1. The summed E-state index contributed by atoms with van der Waals surface area (Å²) in [5.74, 6) is 2.49. The lowest BCUT2D eigenvalue weighted by atomic mass is 10.1. The molecule has 0 aliphatic heterocycles. The Kier molecular flexibility index (Phi) is 5.79. The van der Waals surface area contributed by atoms with Crippen LogP contribution in [0.4, 0.5) is 0 Å². The minimum atomic E-state index is -0.0208. The number of nitrogens with zero attached hydrogens (tertiary/aromatic N) is 1. The Labute approximate surface area is 190 Å². The summed E-state index contributed by atoms with van der Waals surface area (Å²) < 4.78 is 16.4. The van der Waals surface area contributed by atoms with Crippen molar-refractivity contribution in [3.63, 3.8) is 0 Å². The van der Waals surface area contributed by atoms with E-state index < -0.39 is 0 Å². The highest BCUT2D eigenvalue weighted by atomic mass is 32.1. The average Bonchev–Trinajstić information content (AvgIpc) is 3.42. The van der Waals surface area contributed by atoms with Crippen LogP contribution in [-0.4, -0.2) is 21.2 Å². The van der Waals surface area contributed by atoms with Crippen LogP contribution in [0, 0.1) is 0 Å². The predicted octanol–water partition coefficient (Wildman–Crippen LogP) is 5.91. The Bertz CT molecular complexity index is 1220. The van der Waals surface area contributed by atoms with Crippen molar-refractivity contribution in [1.82, 2.24) is 4.37 Å². The van der Waals surface area contributed by atoms with E-state index in [1.54, 1.807) is 6.07 Å². The zero-order valence-electron chi connectivity index (χ0n) is 17.4. The lowest BCUT2D eigenvalue weighted by Crippen LogP contribution is -2.03. The third-order valence-corrected chi connectivity index (χ3v) is 6.44. The number of aromatic nitrogens is 1. The number of ether oxygens (including phenoxy) is 2. The van der Waals surface area contributed by atoms with Gasteiger partial charge in [-0.2, -0.15) is 4.37 Å². The fourth-order valence-corrected chi connectivity index (χ4v) is 4.73. The number of aliphatic hydroxyl groups is 1. The molecule has 1 heterocycles. The quantitative estimate of drug-likeness (QED) is 0.370. The van der Waals surface area contributed by atoms with Crippen LogP contribution in [0.25, 0.3) is 10.4 Å². The van der Waals surface area contributed by atoms with Crippen LogP contribution in [0.5, 0.6) is 23.1 Å². The van der Waals surface area contributed by atoms with Gasteiger partial charge in [0.2, 0.25) is 5.88 Å². The van der Waals surface area contributed by atoms with E-state index in [9.17, 15) is 10.2 Å². The minimum Gasteiger partial charge on any atom is -0.493 e. The topological polar surface area (TPSA) is 71.8 Å². The summed E-state index contributed by atoms with van der Waals surface area (Å²) in [5, 5.41) is 18.6. The first-order chi connectivity index (χ1) is 15.7. The van der Waals surface area contributed by atoms with Crippen LogP contribution in [0.3, 0.4) is 0 Å².